The molecule has 4 nitrogen and oxygen atoms in total. The molecule has 1 fully saturated rings. The van der Waals surface area contributed by atoms with E-state index in [1.807, 2.05) is 0 Å². The lowest BCUT2D eigenvalue weighted by atomic mass is 9.93. The summed E-state index contributed by atoms with van der Waals surface area (Å²) in [7, 11) is 1.58. The van der Waals surface area contributed by atoms with Gasteiger partial charge in [0, 0.05) is 19.7 Å². The molecule has 0 bridgehead atoms. The molecule has 1 aliphatic rings. The summed E-state index contributed by atoms with van der Waals surface area (Å²) in [6.07, 6.45) is 3.71. The largest absolute Gasteiger partial charge is 0.380 e. The zero-order valence-electron chi connectivity index (χ0n) is 8.08. The van der Waals surface area contributed by atoms with Crippen molar-refractivity contribution in [3.8, 4) is 0 Å². The summed E-state index contributed by atoms with van der Waals surface area (Å²) < 4.78 is 5.02. The molecule has 4 heteroatoms. The van der Waals surface area contributed by atoms with E-state index in [0.717, 1.165) is 12.8 Å². The van der Waals surface area contributed by atoms with Crippen LogP contribution in [-0.2, 0) is 9.53 Å². The highest BCUT2D eigenvalue weighted by Crippen LogP contribution is 2.18. The van der Waals surface area contributed by atoms with Gasteiger partial charge in [-0.05, 0) is 19.3 Å². The van der Waals surface area contributed by atoms with Crippen molar-refractivity contribution < 1.29 is 9.53 Å². The quantitative estimate of drug-likeness (QED) is 0.636. The summed E-state index contributed by atoms with van der Waals surface area (Å²) in [6, 6.07) is 0.405. The van der Waals surface area contributed by atoms with Crippen molar-refractivity contribution in [2.24, 2.45) is 5.73 Å². The molecular weight excluding hydrogens is 168 g/mol. The van der Waals surface area contributed by atoms with Gasteiger partial charge in [0.25, 0.3) is 0 Å². The Morgan fingerprint density at radius 2 is 2.38 bits per heavy atom. The van der Waals surface area contributed by atoms with Crippen LogP contribution in [-0.4, -0.2) is 31.7 Å². The Labute approximate surface area is 78.8 Å². The van der Waals surface area contributed by atoms with Crippen LogP contribution in [0.15, 0.2) is 0 Å². The number of methoxy groups -OCH3 is 1. The van der Waals surface area contributed by atoms with Crippen LogP contribution in [0.4, 0.5) is 0 Å². The lowest BCUT2D eigenvalue weighted by Crippen LogP contribution is -2.41. The fourth-order valence-electron chi connectivity index (χ4n) is 1.31. The molecule has 0 aliphatic heterocycles. The number of carbonyl (C=O) groups is 1. The number of ether oxygens (including phenoxy) is 1. The van der Waals surface area contributed by atoms with Crippen molar-refractivity contribution in [2.45, 2.75) is 37.8 Å². The SMILES string of the molecule is COC(CN)CC(=O)NC1CCC1. The van der Waals surface area contributed by atoms with E-state index in [2.05, 4.69) is 5.32 Å². The van der Waals surface area contributed by atoms with Crippen LogP contribution >= 0.6 is 0 Å². The van der Waals surface area contributed by atoms with E-state index >= 15 is 0 Å². The Morgan fingerprint density at radius 1 is 1.69 bits per heavy atom. The Kier molecular flexibility index (Phi) is 4.18. The first-order valence-electron chi connectivity index (χ1n) is 4.78. The lowest BCUT2D eigenvalue weighted by Gasteiger charge is -2.27. The summed E-state index contributed by atoms with van der Waals surface area (Å²) >= 11 is 0. The number of rotatable bonds is 5. The molecule has 1 amide bonds. The van der Waals surface area contributed by atoms with Crippen LogP contribution in [0.1, 0.15) is 25.7 Å². The maximum Gasteiger partial charge on any atom is 0.222 e. The molecule has 0 heterocycles. The van der Waals surface area contributed by atoms with Crippen molar-refractivity contribution >= 4 is 5.91 Å². The van der Waals surface area contributed by atoms with Gasteiger partial charge in [0.1, 0.15) is 0 Å². The topological polar surface area (TPSA) is 64.3 Å². The van der Waals surface area contributed by atoms with Crippen molar-refractivity contribution in [3.05, 3.63) is 0 Å². The molecule has 3 N–H and O–H groups in total. The second-order valence-electron chi connectivity index (χ2n) is 3.49. The van der Waals surface area contributed by atoms with E-state index in [4.69, 9.17) is 10.5 Å². The van der Waals surface area contributed by atoms with Crippen LogP contribution in [0.5, 0.6) is 0 Å². The fraction of sp³-hybridized carbons (Fsp3) is 0.889. The minimum absolute atomic E-state index is 0.0574. The van der Waals surface area contributed by atoms with Gasteiger partial charge in [0.2, 0.25) is 5.91 Å². The molecule has 1 unspecified atom stereocenters. The highest BCUT2D eigenvalue weighted by molar-refractivity contribution is 5.76. The van der Waals surface area contributed by atoms with E-state index in [1.165, 1.54) is 6.42 Å². The zero-order valence-corrected chi connectivity index (χ0v) is 8.08. The molecule has 76 valence electrons. The van der Waals surface area contributed by atoms with Crippen LogP contribution < -0.4 is 11.1 Å². The van der Waals surface area contributed by atoms with Gasteiger partial charge in [-0.25, -0.2) is 0 Å². The average molecular weight is 186 g/mol. The van der Waals surface area contributed by atoms with Crippen molar-refractivity contribution in [3.63, 3.8) is 0 Å². The average Bonchev–Trinajstić information content (AvgIpc) is 2.07. The zero-order chi connectivity index (χ0) is 9.68. The molecular formula is C9H18N2O2. The van der Waals surface area contributed by atoms with Gasteiger partial charge in [0.15, 0.2) is 0 Å². The maximum atomic E-state index is 11.3. The molecule has 1 rings (SSSR count). The molecule has 1 atom stereocenters. The van der Waals surface area contributed by atoms with Crippen molar-refractivity contribution in [2.75, 3.05) is 13.7 Å². The van der Waals surface area contributed by atoms with Gasteiger partial charge >= 0.3 is 0 Å². The minimum atomic E-state index is -0.139. The summed E-state index contributed by atoms with van der Waals surface area (Å²) in [5.41, 5.74) is 5.40. The summed E-state index contributed by atoms with van der Waals surface area (Å²) in [5, 5.41) is 2.94. The van der Waals surface area contributed by atoms with Gasteiger partial charge in [-0.3, -0.25) is 4.79 Å². The number of nitrogens with one attached hydrogen (secondary N) is 1. The molecule has 13 heavy (non-hydrogen) atoms. The van der Waals surface area contributed by atoms with E-state index in [9.17, 15) is 4.79 Å². The van der Waals surface area contributed by atoms with Crippen molar-refractivity contribution in [1.29, 1.82) is 0 Å². The smallest absolute Gasteiger partial charge is 0.222 e. The molecule has 0 aromatic heterocycles. The van der Waals surface area contributed by atoms with Gasteiger partial charge in [0.05, 0.1) is 12.5 Å². The van der Waals surface area contributed by atoms with Crippen LogP contribution in [0.2, 0.25) is 0 Å². The number of hydrogen-bond donors (Lipinski definition) is 2. The van der Waals surface area contributed by atoms with Gasteiger partial charge in [-0.15, -0.1) is 0 Å². The van der Waals surface area contributed by atoms with E-state index < -0.39 is 0 Å². The third-order valence-corrected chi connectivity index (χ3v) is 2.48. The first-order valence-corrected chi connectivity index (χ1v) is 4.78. The first-order chi connectivity index (χ1) is 6.26. The lowest BCUT2D eigenvalue weighted by molar-refractivity contribution is -0.124. The third kappa shape index (κ3) is 3.32. The number of amides is 1. The standard InChI is InChI=1S/C9H18N2O2/c1-13-8(6-10)5-9(12)11-7-3-2-4-7/h7-8H,2-6,10H2,1H3,(H,11,12). The molecule has 1 saturated carbocycles. The third-order valence-electron chi connectivity index (χ3n) is 2.48. The second kappa shape index (κ2) is 5.19. The fourth-order valence-corrected chi connectivity index (χ4v) is 1.31. The Hall–Kier alpha value is -0.610. The molecule has 0 aromatic rings. The summed E-state index contributed by atoms with van der Waals surface area (Å²) in [4.78, 5) is 11.3. The molecule has 0 radical (unpaired) electrons. The maximum absolute atomic E-state index is 11.3. The van der Waals surface area contributed by atoms with Gasteiger partial charge < -0.3 is 15.8 Å². The summed E-state index contributed by atoms with van der Waals surface area (Å²) in [6.45, 7) is 0.397. The summed E-state index contributed by atoms with van der Waals surface area (Å²) in [5.74, 6) is 0.0574. The van der Waals surface area contributed by atoms with Gasteiger partial charge in [-0.1, -0.05) is 0 Å². The number of carbonyl (C=O) groups excluding carboxylic acids is 1. The highest BCUT2D eigenvalue weighted by Gasteiger charge is 2.20. The minimum Gasteiger partial charge on any atom is -0.380 e. The molecule has 0 aromatic carbocycles. The number of nitrogens with two attached hydrogens (primary N) is 1. The Morgan fingerprint density at radius 3 is 2.77 bits per heavy atom. The molecule has 0 spiro atoms. The Balaban J connectivity index is 2.14. The molecule has 0 saturated heterocycles. The highest BCUT2D eigenvalue weighted by atomic mass is 16.5. The normalized spacial score (nSPS) is 19.2. The second-order valence-corrected chi connectivity index (χ2v) is 3.49. The van der Waals surface area contributed by atoms with E-state index in [0.29, 0.717) is 19.0 Å². The predicted molar refractivity (Wildman–Crippen MR) is 50.3 cm³/mol. The van der Waals surface area contributed by atoms with Crippen LogP contribution in [0.25, 0.3) is 0 Å². The Bertz CT molecular complexity index is 165. The van der Waals surface area contributed by atoms with E-state index in [-0.39, 0.29) is 12.0 Å². The molecule has 1 aliphatic carbocycles. The predicted octanol–water partition coefficient (Wildman–Crippen LogP) is 0.0189. The monoisotopic (exact) mass is 186 g/mol. The number of hydrogen-bond acceptors (Lipinski definition) is 3. The van der Waals surface area contributed by atoms with E-state index in [1.54, 1.807) is 7.11 Å². The van der Waals surface area contributed by atoms with Crippen LogP contribution in [0.3, 0.4) is 0 Å². The van der Waals surface area contributed by atoms with Crippen LogP contribution in [0, 0.1) is 0 Å². The first kappa shape index (κ1) is 10.5. The van der Waals surface area contributed by atoms with Gasteiger partial charge in [-0.2, -0.15) is 0 Å². The van der Waals surface area contributed by atoms with Crippen molar-refractivity contribution in [1.82, 2.24) is 5.32 Å².